The van der Waals surface area contributed by atoms with Gasteiger partial charge in [0.1, 0.15) is 17.7 Å². The van der Waals surface area contributed by atoms with Crippen molar-refractivity contribution in [3.8, 4) is 5.75 Å². The summed E-state index contributed by atoms with van der Waals surface area (Å²) in [5, 5.41) is 2.94. The third-order valence-electron chi connectivity index (χ3n) is 3.96. The van der Waals surface area contributed by atoms with Gasteiger partial charge in [0.25, 0.3) is 0 Å². The Morgan fingerprint density at radius 2 is 2.26 bits per heavy atom. The number of amides is 1. The van der Waals surface area contributed by atoms with Crippen LogP contribution in [-0.2, 0) is 11.2 Å². The molecule has 1 aromatic carbocycles. The second kappa shape index (κ2) is 5.19. The van der Waals surface area contributed by atoms with Gasteiger partial charge in [0.05, 0.1) is 0 Å². The van der Waals surface area contributed by atoms with E-state index in [2.05, 4.69) is 5.32 Å². The van der Waals surface area contributed by atoms with Crippen LogP contribution in [0.3, 0.4) is 0 Å². The number of carbonyl (C=O) groups is 1. The van der Waals surface area contributed by atoms with E-state index in [0.717, 1.165) is 43.5 Å². The van der Waals surface area contributed by atoms with Crippen LogP contribution in [-0.4, -0.2) is 18.6 Å². The van der Waals surface area contributed by atoms with Gasteiger partial charge in [-0.1, -0.05) is 6.42 Å². The van der Waals surface area contributed by atoms with Crippen LogP contribution in [0.15, 0.2) is 18.2 Å². The Morgan fingerprint density at radius 1 is 1.37 bits per heavy atom. The molecule has 0 saturated carbocycles. The van der Waals surface area contributed by atoms with Crippen LogP contribution in [0.25, 0.3) is 0 Å². The van der Waals surface area contributed by atoms with Crippen LogP contribution < -0.4 is 10.1 Å². The molecule has 1 aromatic rings. The number of benzene rings is 1. The molecule has 0 aliphatic carbocycles. The predicted molar refractivity (Wildman–Crippen MR) is 69.5 cm³/mol. The third-order valence-corrected chi connectivity index (χ3v) is 3.96. The third kappa shape index (κ3) is 2.72. The summed E-state index contributed by atoms with van der Waals surface area (Å²) in [4.78, 5) is 11.9. The highest BCUT2D eigenvalue weighted by atomic mass is 19.1. The van der Waals surface area contributed by atoms with Crippen molar-refractivity contribution in [2.75, 3.05) is 6.54 Å². The normalized spacial score (nSPS) is 26.3. The van der Waals surface area contributed by atoms with Gasteiger partial charge in [-0.05, 0) is 37.5 Å². The van der Waals surface area contributed by atoms with Gasteiger partial charge in [0.2, 0.25) is 5.91 Å². The summed E-state index contributed by atoms with van der Waals surface area (Å²) in [7, 11) is 0. The number of rotatable bonds is 2. The first-order valence-electron chi connectivity index (χ1n) is 6.95. The fraction of sp³-hybridized carbons (Fsp3) is 0.533. The smallest absolute Gasteiger partial charge is 0.223 e. The molecular formula is C15H18FNO2. The largest absolute Gasteiger partial charge is 0.490 e. The van der Waals surface area contributed by atoms with Crippen molar-refractivity contribution in [3.05, 3.63) is 29.6 Å². The molecule has 3 nitrogen and oxygen atoms in total. The van der Waals surface area contributed by atoms with Crippen molar-refractivity contribution < 1.29 is 13.9 Å². The lowest BCUT2D eigenvalue weighted by molar-refractivity contribution is -0.125. The number of hydrogen-bond donors (Lipinski definition) is 1. The minimum atomic E-state index is -0.227. The van der Waals surface area contributed by atoms with Gasteiger partial charge < -0.3 is 10.1 Å². The Hall–Kier alpha value is -1.58. The summed E-state index contributed by atoms with van der Waals surface area (Å²) in [5.74, 6) is 0.713. The lowest BCUT2D eigenvalue weighted by atomic mass is 9.94. The number of nitrogens with one attached hydrogen (secondary N) is 1. The van der Waals surface area contributed by atoms with Crippen molar-refractivity contribution in [1.82, 2.24) is 5.32 Å². The molecule has 2 atom stereocenters. The average molecular weight is 263 g/mol. The number of carbonyl (C=O) groups excluding carboxylic acids is 1. The van der Waals surface area contributed by atoms with Gasteiger partial charge in [-0.25, -0.2) is 4.39 Å². The topological polar surface area (TPSA) is 38.3 Å². The zero-order valence-corrected chi connectivity index (χ0v) is 10.8. The van der Waals surface area contributed by atoms with Crippen LogP contribution in [0.1, 0.15) is 31.2 Å². The molecule has 2 aliphatic heterocycles. The maximum Gasteiger partial charge on any atom is 0.223 e. The second-order valence-electron chi connectivity index (χ2n) is 5.42. The molecule has 0 spiro atoms. The van der Waals surface area contributed by atoms with E-state index in [1.54, 1.807) is 6.07 Å². The lowest BCUT2D eigenvalue weighted by Gasteiger charge is -2.17. The maximum atomic E-state index is 13.1. The van der Waals surface area contributed by atoms with E-state index >= 15 is 0 Å². The van der Waals surface area contributed by atoms with Crippen molar-refractivity contribution >= 4 is 5.91 Å². The molecule has 102 valence electrons. The number of hydrogen-bond acceptors (Lipinski definition) is 2. The Labute approximate surface area is 112 Å². The van der Waals surface area contributed by atoms with E-state index in [1.165, 1.54) is 12.1 Å². The van der Waals surface area contributed by atoms with E-state index in [0.29, 0.717) is 6.42 Å². The van der Waals surface area contributed by atoms with E-state index in [-0.39, 0.29) is 23.7 Å². The first kappa shape index (κ1) is 12.5. The van der Waals surface area contributed by atoms with Gasteiger partial charge in [0.15, 0.2) is 0 Å². The standard InChI is InChI=1S/C15H18FNO2/c16-12-4-5-14-11(7-12)9-13(19-14)8-10-3-1-2-6-17-15(10)18/h4-5,7,10,13H,1-3,6,8-9H2,(H,17,18). The number of halogens is 1. The minimum Gasteiger partial charge on any atom is -0.490 e. The highest BCUT2D eigenvalue weighted by Crippen LogP contribution is 2.32. The van der Waals surface area contributed by atoms with Crippen LogP contribution in [0.5, 0.6) is 5.75 Å². The average Bonchev–Trinajstić information content (AvgIpc) is 2.66. The summed E-state index contributed by atoms with van der Waals surface area (Å²) in [6, 6.07) is 4.62. The highest BCUT2D eigenvalue weighted by Gasteiger charge is 2.29. The molecule has 1 amide bonds. The van der Waals surface area contributed by atoms with Crippen LogP contribution in [0.2, 0.25) is 0 Å². The van der Waals surface area contributed by atoms with Gasteiger partial charge in [-0.3, -0.25) is 4.79 Å². The second-order valence-corrected chi connectivity index (χ2v) is 5.42. The summed E-state index contributed by atoms with van der Waals surface area (Å²) < 4.78 is 19.0. The number of ether oxygens (including phenoxy) is 1. The van der Waals surface area contributed by atoms with Gasteiger partial charge in [-0.15, -0.1) is 0 Å². The van der Waals surface area contributed by atoms with Crippen LogP contribution >= 0.6 is 0 Å². The van der Waals surface area contributed by atoms with E-state index < -0.39 is 0 Å². The number of fused-ring (bicyclic) bond motifs is 1. The quantitative estimate of drug-likeness (QED) is 0.890. The summed E-state index contributed by atoms with van der Waals surface area (Å²) in [6.45, 7) is 0.784. The Kier molecular flexibility index (Phi) is 3.40. The van der Waals surface area contributed by atoms with E-state index in [1.807, 2.05) is 0 Å². The molecule has 1 N–H and O–H groups in total. The SMILES string of the molecule is O=C1NCCCCC1CC1Cc2cc(F)ccc2O1. The highest BCUT2D eigenvalue weighted by molar-refractivity contribution is 5.78. The van der Waals surface area contributed by atoms with Crippen LogP contribution in [0.4, 0.5) is 4.39 Å². The van der Waals surface area contributed by atoms with E-state index in [4.69, 9.17) is 4.74 Å². The first-order chi connectivity index (χ1) is 9.22. The fourth-order valence-corrected chi connectivity index (χ4v) is 2.97. The minimum absolute atomic E-state index is 0.00523. The van der Waals surface area contributed by atoms with E-state index in [9.17, 15) is 9.18 Å². The molecule has 19 heavy (non-hydrogen) atoms. The lowest BCUT2D eigenvalue weighted by Crippen LogP contribution is -2.32. The Balaban J connectivity index is 1.64. The van der Waals surface area contributed by atoms with Crippen LogP contribution in [0, 0.1) is 11.7 Å². The Morgan fingerprint density at radius 3 is 3.16 bits per heavy atom. The maximum absolute atomic E-state index is 13.1. The molecule has 3 rings (SSSR count). The summed E-state index contributed by atoms with van der Waals surface area (Å²) in [5.41, 5.74) is 0.916. The first-order valence-corrected chi connectivity index (χ1v) is 6.95. The molecule has 2 aliphatic rings. The molecular weight excluding hydrogens is 245 g/mol. The molecule has 1 saturated heterocycles. The zero-order chi connectivity index (χ0) is 13.2. The molecule has 2 unspecified atom stereocenters. The Bertz CT molecular complexity index is 489. The monoisotopic (exact) mass is 263 g/mol. The van der Waals surface area contributed by atoms with Crippen molar-refractivity contribution in [1.29, 1.82) is 0 Å². The molecule has 0 bridgehead atoms. The molecule has 4 heteroatoms. The van der Waals surface area contributed by atoms with Gasteiger partial charge >= 0.3 is 0 Å². The van der Waals surface area contributed by atoms with Crippen molar-refractivity contribution in [2.24, 2.45) is 5.92 Å². The summed E-state index contributed by atoms with van der Waals surface area (Å²) >= 11 is 0. The fourth-order valence-electron chi connectivity index (χ4n) is 2.97. The predicted octanol–water partition coefficient (Wildman–Crippen LogP) is 2.44. The molecule has 0 aromatic heterocycles. The summed E-state index contributed by atoms with van der Waals surface area (Å²) in [6.07, 6.45) is 4.50. The molecule has 1 fully saturated rings. The van der Waals surface area contributed by atoms with Gasteiger partial charge in [0, 0.05) is 24.4 Å². The van der Waals surface area contributed by atoms with Crippen molar-refractivity contribution in [3.63, 3.8) is 0 Å². The van der Waals surface area contributed by atoms with Crippen molar-refractivity contribution in [2.45, 2.75) is 38.2 Å². The van der Waals surface area contributed by atoms with Gasteiger partial charge in [-0.2, -0.15) is 0 Å². The molecule has 0 radical (unpaired) electrons. The zero-order valence-electron chi connectivity index (χ0n) is 10.8. The molecule has 2 heterocycles.